The van der Waals surface area contributed by atoms with E-state index in [9.17, 15) is 0 Å². The second-order valence-corrected chi connectivity index (χ2v) is 5.66. The van der Waals surface area contributed by atoms with Crippen LogP contribution in [-0.2, 0) is 10.2 Å². The molecule has 0 aliphatic heterocycles. The van der Waals surface area contributed by atoms with E-state index in [1.54, 1.807) is 7.11 Å². The van der Waals surface area contributed by atoms with E-state index in [0.717, 1.165) is 25.6 Å². The van der Waals surface area contributed by atoms with Crippen LogP contribution >= 0.6 is 0 Å². The Labute approximate surface area is 111 Å². The lowest BCUT2D eigenvalue weighted by Crippen LogP contribution is -2.27. The monoisotopic (exact) mass is 247 g/mol. The summed E-state index contributed by atoms with van der Waals surface area (Å²) in [4.78, 5) is 0. The summed E-state index contributed by atoms with van der Waals surface area (Å²) < 4.78 is 5.07. The van der Waals surface area contributed by atoms with Crippen LogP contribution in [0.1, 0.15) is 25.8 Å². The van der Waals surface area contributed by atoms with Crippen molar-refractivity contribution in [3.8, 4) is 0 Å². The summed E-state index contributed by atoms with van der Waals surface area (Å²) in [7, 11) is 1.75. The maximum absolute atomic E-state index is 5.07. The molecule has 18 heavy (non-hydrogen) atoms. The molecule has 2 atom stereocenters. The zero-order valence-electron chi connectivity index (χ0n) is 11.8. The Balaban J connectivity index is 1.96. The average molecular weight is 247 g/mol. The molecule has 2 nitrogen and oxygen atoms in total. The minimum atomic E-state index is 0.404. The number of hydrogen-bond acceptors (Lipinski definition) is 2. The van der Waals surface area contributed by atoms with Gasteiger partial charge in [0.25, 0.3) is 0 Å². The molecule has 0 spiro atoms. The number of hydrogen-bond donors (Lipinski definition) is 1. The Morgan fingerprint density at radius 2 is 2.06 bits per heavy atom. The molecule has 2 unspecified atom stereocenters. The third kappa shape index (κ3) is 2.60. The second-order valence-electron chi connectivity index (χ2n) is 5.66. The first-order valence-corrected chi connectivity index (χ1v) is 6.97. The van der Waals surface area contributed by atoms with Crippen LogP contribution in [0.4, 0.5) is 0 Å². The molecule has 1 N–H and O–H groups in total. The van der Waals surface area contributed by atoms with E-state index >= 15 is 0 Å². The summed E-state index contributed by atoms with van der Waals surface area (Å²) in [6, 6.07) is 11.0. The maximum Gasteiger partial charge on any atom is 0.0587 e. The van der Waals surface area contributed by atoms with Gasteiger partial charge in [-0.05, 0) is 30.4 Å². The van der Waals surface area contributed by atoms with Gasteiger partial charge in [-0.25, -0.2) is 0 Å². The number of rotatable bonds is 7. The molecule has 1 fully saturated rings. The van der Waals surface area contributed by atoms with Crippen molar-refractivity contribution in [2.75, 3.05) is 26.8 Å². The lowest BCUT2D eigenvalue weighted by Gasteiger charge is -2.23. The van der Waals surface area contributed by atoms with Crippen LogP contribution in [0.3, 0.4) is 0 Å². The third-order valence-electron chi connectivity index (χ3n) is 4.37. The highest BCUT2D eigenvalue weighted by Gasteiger charge is 2.56. The summed E-state index contributed by atoms with van der Waals surface area (Å²) in [6.07, 6.45) is 1.31. The first-order valence-electron chi connectivity index (χ1n) is 6.97. The first kappa shape index (κ1) is 13.6. The zero-order chi connectivity index (χ0) is 13.0. The molecule has 1 saturated carbocycles. The molecular formula is C16H25NO. The van der Waals surface area contributed by atoms with Gasteiger partial charge in [0.05, 0.1) is 6.61 Å². The molecule has 1 aromatic rings. The fraction of sp³-hybridized carbons (Fsp3) is 0.625. The minimum absolute atomic E-state index is 0.404. The zero-order valence-corrected chi connectivity index (χ0v) is 11.8. The Morgan fingerprint density at radius 3 is 2.67 bits per heavy atom. The lowest BCUT2D eigenvalue weighted by atomic mass is 9.83. The van der Waals surface area contributed by atoms with E-state index in [0.29, 0.717) is 11.3 Å². The van der Waals surface area contributed by atoms with Crippen molar-refractivity contribution in [2.45, 2.75) is 25.7 Å². The van der Waals surface area contributed by atoms with Gasteiger partial charge in [-0.15, -0.1) is 0 Å². The summed E-state index contributed by atoms with van der Waals surface area (Å²) in [5.74, 6) is 1.48. The molecule has 2 rings (SSSR count). The molecular weight excluding hydrogens is 222 g/mol. The second kappa shape index (κ2) is 5.85. The fourth-order valence-electron chi connectivity index (χ4n) is 3.20. The van der Waals surface area contributed by atoms with Gasteiger partial charge < -0.3 is 10.1 Å². The Hall–Kier alpha value is -0.860. The summed E-state index contributed by atoms with van der Waals surface area (Å²) in [6.45, 7) is 7.56. The van der Waals surface area contributed by atoms with E-state index in [1.165, 1.54) is 12.0 Å². The van der Waals surface area contributed by atoms with Gasteiger partial charge in [0, 0.05) is 19.1 Å². The quantitative estimate of drug-likeness (QED) is 0.748. The number of methoxy groups -OCH3 is 1. The van der Waals surface area contributed by atoms with Crippen LogP contribution in [0.15, 0.2) is 30.3 Å². The van der Waals surface area contributed by atoms with Gasteiger partial charge in [0.2, 0.25) is 0 Å². The van der Waals surface area contributed by atoms with Crippen molar-refractivity contribution in [3.05, 3.63) is 35.9 Å². The highest BCUT2D eigenvalue weighted by Crippen LogP contribution is 2.58. The molecule has 0 bridgehead atoms. The van der Waals surface area contributed by atoms with Gasteiger partial charge in [-0.3, -0.25) is 0 Å². The number of ether oxygens (including phenoxy) is 1. The Bertz CT molecular complexity index is 363. The Morgan fingerprint density at radius 1 is 1.33 bits per heavy atom. The molecule has 1 aliphatic rings. The predicted molar refractivity (Wildman–Crippen MR) is 75.8 cm³/mol. The van der Waals surface area contributed by atoms with E-state index in [2.05, 4.69) is 49.5 Å². The molecule has 0 radical (unpaired) electrons. The highest BCUT2D eigenvalue weighted by molar-refractivity contribution is 5.34. The minimum Gasteiger partial charge on any atom is -0.383 e. The van der Waals surface area contributed by atoms with Crippen molar-refractivity contribution in [2.24, 2.45) is 11.8 Å². The largest absolute Gasteiger partial charge is 0.383 e. The van der Waals surface area contributed by atoms with Crippen LogP contribution in [0.5, 0.6) is 0 Å². The van der Waals surface area contributed by atoms with Crippen LogP contribution in [0.25, 0.3) is 0 Å². The lowest BCUT2D eigenvalue weighted by molar-refractivity contribution is 0.198. The van der Waals surface area contributed by atoms with Crippen molar-refractivity contribution in [3.63, 3.8) is 0 Å². The molecule has 0 heterocycles. The highest BCUT2D eigenvalue weighted by atomic mass is 16.5. The molecule has 1 aliphatic carbocycles. The molecule has 1 aromatic carbocycles. The van der Waals surface area contributed by atoms with Crippen molar-refractivity contribution >= 4 is 0 Å². The van der Waals surface area contributed by atoms with Crippen molar-refractivity contribution in [1.82, 2.24) is 5.32 Å². The standard InChI is InChI=1S/C16H25NO/c1-13(2)16(14-7-5-4-6-8-14)11-15(16)12-17-9-10-18-3/h4-8,13,15,17H,9-12H2,1-3H3. The summed E-state index contributed by atoms with van der Waals surface area (Å²) >= 11 is 0. The average Bonchev–Trinajstić information content (AvgIpc) is 3.12. The van der Waals surface area contributed by atoms with Crippen molar-refractivity contribution in [1.29, 1.82) is 0 Å². The van der Waals surface area contributed by atoms with Crippen LogP contribution in [-0.4, -0.2) is 26.8 Å². The molecule has 0 aromatic heterocycles. The van der Waals surface area contributed by atoms with E-state index in [1.807, 2.05) is 0 Å². The predicted octanol–water partition coefficient (Wildman–Crippen LogP) is 2.84. The Kier molecular flexibility index (Phi) is 4.41. The fourth-order valence-corrected chi connectivity index (χ4v) is 3.20. The molecule has 0 amide bonds. The third-order valence-corrected chi connectivity index (χ3v) is 4.37. The van der Waals surface area contributed by atoms with Crippen LogP contribution < -0.4 is 5.32 Å². The summed E-state index contributed by atoms with van der Waals surface area (Å²) in [5.41, 5.74) is 1.92. The van der Waals surface area contributed by atoms with E-state index in [4.69, 9.17) is 4.74 Å². The molecule has 100 valence electrons. The number of nitrogens with one attached hydrogen (secondary N) is 1. The van der Waals surface area contributed by atoms with Gasteiger partial charge in [-0.2, -0.15) is 0 Å². The molecule has 2 heteroatoms. The van der Waals surface area contributed by atoms with E-state index < -0.39 is 0 Å². The summed E-state index contributed by atoms with van der Waals surface area (Å²) in [5, 5.41) is 3.50. The van der Waals surface area contributed by atoms with Gasteiger partial charge in [0.1, 0.15) is 0 Å². The first-order chi connectivity index (χ1) is 8.71. The van der Waals surface area contributed by atoms with Gasteiger partial charge in [-0.1, -0.05) is 44.2 Å². The van der Waals surface area contributed by atoms with Crippen LogP contribution in [0, 0.1) is 11.8 Å². The maximum atomic E-state index is 5.07. The SMILES string of the molecule is COCCNCC1CC1(c1ccccc1)C(C)C. The van der Waals surface area contributed by atoms with Crippen molar-refractivity contribution < 1.29 is 4.74 Å². The topological polar surface area (TPSA) is 21.3 Å². The normalized spacial score (nSPS) is 26.6. The van der Waals surface area contributed by atoms with Gasteiger partial charge >= 0.3 is 0 Å². The number of benzene rings is 1. The van der Waals surface area contributed by atoms with Crippen LogP contribution in [0.2, 0.25) is 0 Å². The van der Waals surface area contributed by atoms with Gasteiger partial charge in [0.15, 0.2) is 0 Å². The molecule has 0 saturated heterocycles. The van der Waals surface area contributed by atoms with E-state index in [-0.39, 0.29) is 0 Å². The smallest absolute Gasteiger partial charge is 0.0587 e.